The third-order valence-corrected chi connectivity index (χ3v) is 5.23. The van der Waals surface area contributed by atoms with Crippen LogP contribution in [0.1, 0.15) is 31.1 Å². The summed E-state index contributed by atoms with van der Waals surface area (Å²) in [5.41, 5.74) is 7.01. The van der Waals surface area contributed by atoms with Crippen molar-refractivity contribution in [2.75, 3.05) is 0 Å². The Kier molecular flexibility index (Phi) is 9.35. The second-order valence-corrected chi connectivity index (χ2v) is 8.46. The lowest BCUT2D eigenvalue weighted by atomic mass is 10.0. The van der Waals surface area contributed by atoms with Gasteiger partial charge in [0, 0.05) is 23.8 Å². The molecule has 0 aliphatic rings. The molecule has 0 saturated heterocycles. The summed E-state index contributed by atoms with van der Waals surface area (Å²) >= 11 is 0. The van der Waals surface area contributed by atoms with Crippen molar-refractivity contribution in [1.82, 2.24) is 9.13 Å². The fourth-order valence-corrected chi connectivity index (χ4v) is 3.52. The van der Waals surface area contributed by atoms with Crippen molar-refractivity contribution in [2.24, 2.45) is 11.7 Å². The van der Waals surface area contributed by atoms with Crippen LogP contribution in [-0.2, 0) is 17.9 Å². The van der Waals surface area contributed by atoms with E-state index < -0.39 is 35.3 Å². The van der Waals surface area contributed by atoms with E-state index in [1.807, 2.05) is 44.2 Å². The lowest BCUT2D eigenvalue weighted by molar-refractivity contribution is -0.192. The molecule has 3 aromatic rings. The van der Waals surface area contributed by atoms with E-state index in [9.17, 15) is 27.2 Å². The number of carbonyl (C=O) groups is 1. The van der Waals surface area contributed by atoms with Gasteiger partial charge in [-0.1, -0.05) is 62.4 Å². The van der Waals surface area contributed by atoms with E-state index in [1.54, 1.807) is 29.7 Å². The molecule has 3 rings (SSSR count). The Bertz CT molecular complexity index is 1320. The molecule has 0 unspecified atom stereocenters. The highest BCUT2D eigenvalue weighted by Crippen LogP contribution is 2.23. The van der Waals surface area contributed by atoms with E-state index in [0.29, 0.717) is 12.2 Å². The van der Waals surface area contributed by atoms with Gasteiger partial charge in [-0.15, -0.1) is 0 Å². The van der Waals surface area contributed by atoms with Gasteiger partial charge in [0.2, 0.25) is 0 Å². The van der Waals surface area contributed by atoms with Crippen LogP contribution in [0.25, 0.3) is 11.1 Å². The first kappa shape index (κ1) is 28.5. The van der Waals surface area contributed by atoms with Gasteiger partial charge in [-0.3, -0.25) is 13.9 Å². The molecule has 36 heavy (non-hydrogen) atoms. The van der Waals surface area contributed by atoms with Gasteiger partial charge in [0.25, 0.3) is 5.56 Å². The van der Waals surface area contributed by atoms with Gasteiger partial charge in [0.15, 0.2) is 0 Å². The quantitative estimate of drug-likeness (QED) is 0.487. The third kappa shape index (κ3) is 6.91. The number of nitrogens with zero attached hydrogens (tertiary/aromatic N) is 2. The summed E-state index contributed by atoms with van der Waals surface area (Å²) in [6, 6.07) is 14.9. The zero-order valence-electron chi connectivity index (χ0n) is 19.9. The second kappa shape index (κ2) is 11.8. The summed E-state index contributed by atoms with van der Waals surface area (Å²) in [6.45, 7) is 6.10. The van der Waals surface area contributed by atoms with Gasteiger partial charge in [-0.05, 0) is 24.5 Å². The van der Waals surface area contributed by atoms with E-state index in [2.05, 4.69) is 0 Å². The number of benzene rings is 2. The molecule has 2 aromatic carbocycles. The van der Waals surface area contributed by atoms with Crippen molar-refractivity contribution in [1.29, 1.82) is 0 Å². The van der Waals surface area contributed by atoms with Crippen LogP contribution < -0.4 is 17.0 Å². The van der Waals surface area contributed by atoms with Crippen LogP contribution in [0.15, 0.2) is 64.2 Å². The number of rotatable bonds is 6. The number of carboxylic acids is 1. The molecule has 11 heteroatoms. The number of hydrogen-bond acceptors (Lipinski definition) is 4. The molecule has 0 saturated carbocycles. The highest BCUT2D eigenvalue weighted by molar-refractivity contribution is 5.73. The molecule has 0 radical (unpaired) electrons. The molecule has 1 atom stereocenters. The number of halogens is 4. The maximum absolute atomic E-state index is 14.5. The minimum atomic E-state index is -5.08. The van der Waals surface area contributed by atoms with E-state index in [0.717, 1.165) is 10.1 Å². The van der Waals surface area contributed by atoms with Gasteiger partial charge in [0.1, 0.15) is 5.82 Å². The molecule has 0 aliphatic carbocycles. The standard InChI is InChI=1S/C23H26FN3O2.C2HF3O2/c1-15(2)13-26-16(3)21(18-11-7-8-12-19(18)24)22(28)27(23(26)29)14-20(25)17-9-5-4-6-10-17;3-2(4,5)1(6)7/h4-12,15,20H,13-14,25H2,1-3H3;(H,6,7)/t20-;/m0./s1. The zero-order chi connectivity index (χ0) is 27.2. The van der Waals surface area contributed by atoms with E-state index in [1.165, 1.54) is 6.07 Å². The highest BCUT2D eigenvalue weighted by Gasteiger charge is 2.38. The first-order chi connectivity index (χ1) is 16.8. The SMILES string of the molecule is Cc1c(-c2ccccc2F)c(=O)n(C[C@H](N)c2ccccc2)c(=O)n1CC(C)C.O=C(O)C(F)(F)F. The van der Waals surface area contributed by atoms with Crippen LogP contribution in [0, 0.1) is 18.7 Å². The molecule has 1 heterocycles. The number of alkyl halides is 3. The molecular weight excluding hydrogens is 482 g/mol. The fraction of sp³-hybridized carbons (Fsp3) is 0.320. The molecular formula is C25H27F4N3O4. The average molecular weight is 510 g/mol. The van der Waals surface area contributed by atoms with Crippen molar-refractivity contribution >= 4 is 5.97 Å². The van der Waals surface area contributed by atoms with E-state index in [4.69, 9.17) is 15.6 Å². The van der Waals surface area contributed by atoms with E-state index in [-0.39, 0.29) is 23.6 Å². The summed E-state index contributed by atoms with van der Waals surface area (Å²) in [4.78, 5) is 35.3. The van der Waals surface area contributed by atoms with Gasteiger partial charge in [-0.25, -0.2) is 14.0 Å². The Morgan fingerprint density at radius 1 is 0.972 bits per heavy atom. The monoisotopic (exact) mass is 509 g/mol. The maximum Gasteiger partial charge on any atom is 0.490 e. The summed E-state index contributed by atoms with van der Waals surface area (Å²) in [7, 11) is 0. The van der Waals surface area contributed by atoms with Crippen LogP contribution in [0.4, 0.5) is 17.6 Å². The second-order valence-electron chi connectivity index (χ2n) is 8.46. The third-order valence-electron chi connectivity index (χ3n) is 5.23. The Balaban J connectivity index is 0.000000572. The van der Waals surface area contributed by atoms with Gasteiger partial charge >= 0.3 is 17.8 Å². The first-order valence-corrected chi connectivity index (χ1v) is 11.0. The summed E-state index contributed by atoms with van der Waals surface area (Å²) < 4.78 is 48.9. The Hall–Kier alpha value is -3.73. The molecule has 7 nitrogen and oxygen atoms in total. The summed E-state index contributed by atoms with van der Waals surface area (Å²) in [6.07, 6.45) is -5.08. The average Bonchev–Trinajstić information content (AvgIpc) is 2.81. The summed E-state index contributed by atoms with van der Waals surface area (Å²) in [5, 5.41) is 7.12. The van der Waals surface area contributed by atoms with E-state index >= 15 is 0 Å². The fourth-order valence-electron chi connectivity index (χ4n) is 3.52. The van der Waals surface area contributed by atoms with Crippen LogP contribution in [0.3, 0.4) is 0 Å². The van der Waals surface area contributed by atoms with Crippen LogP contribution in [0.2, 0.25) is 0 Å². The maximum atomic E-state index is 14.5. The van der Waals surface area contributed by atoms with Crippen molar-refractivity contribution in [3.8, 4) is 11.1 Å². The predicted octanol–water partition coefficient (Wildman–Crippen LogP) is 4.11. The van der Waals surface area contributed by atoms with Crippen LogP contribution in [0.5, 0.6) is 0 Å². The predicted molar refractivity (Wildman–Crippen MR) is 127 cm³/mol. The number of aliphatic carboxylic acids is 1. The molecule has 0 spiro atoms. The Labute approximate surface area is 204 Å². The number of carboxylic acid groups (broad SMARTS) is 1. The smallest absolute Gasteiger partial charge is 0.475 e. The molecule has 3 N–H and O–H groups in total. The molecule has 1 aromatic heterocycles. The molecule has 0 bridgehead atoms. The zero-order valence-corrected chi connectivity index (χ0v) is 19.9. The van der Waals surface area contributed by atoms with Crippen molar-refractivity contribution in [3.63, 3.8) is 0 Å². The molecule has 0 fully saturated rings. The van der Waals surface area contributed by atoms with Crippen LogP contribution in [-0.4, -0.2) is 26.4 Å². The number of aromatic nitrogens is 2. The highest BCUT2D eigenvalue weighted by atomic mass is 19.4. The van der Waals surface area contributed by atoms with Crippen molar-refractivity contribution in [2.45, 2.75) is 46.1 Å². The first-order valence-electron chi connectivity index (χ1n) is 11.0. The Morgan fingerprint density at radius 2 is 1.50 bits per heavy atom. The van der Waals surface area contributed by atoms with Gasteiger partial charge < -0.3 is 10.8 Å². The lowest BCUT2D eigenvalue weighted by Gasteiger charge is -2.21. The van der Waals surface area contributed by atoms with Gasteiger partial charge in [-0.2, -0.15) is 13.2 Å². The van der Waals surface area contributed by atoms with Gasteiger partial charge in [0.05, 0.1) is 12.1 Å². The lowest BCUT2D eigenvalue weighted by Crippen LogP contribution is -2.44. The minimum absolute atomic E-state index is 0.0154. The van der Waals surface area contributed by atoms with Crippen molar-refractivity contribution < 1.29 is 27.5 Å². The number of hydrogen-bond donors (Lipinski definition) is 2. The molecule has 0 amide bonds. The molecule has 194 valence electrons. The van der Waals surface area contributed by atoms with Crippen LogP contribution >= 0.6 is 0 Å². The summed E-state index contributed by atoms with van der Waals surface area (Å²) in [5.74, 6) is -3.08. The largest absolute Gasteiger partial charge is 0.490 e. The Morgan fingerprint density at radius 3 is 2.00 bits per heavy atom. The normalized spacial score (nSPS) is 12.1. The van der Waals surface area contributed by atoms with Crippen molar-refractivity contribution in [3.05, 3.63) is 92.5 Å². The number of nitrogens with two attached hydrogens (primary N) is 1. The topological polar surface area (TPSA) is 107 Å². The minimum Gasteiger partial charge on any atom is -0.475 e. The molecule has 0 aliphatic heterocycles.